The molecule has 0 saturated carbocycles. The maximum atomic E-state index is 6.28. The van der Waals surface area contributed by atoms with E-state index in [-0.39, 0.29) is 0 Å². The average Bonchev–Trinajstić information content (AvgIpc) is 2.75. The van der Waals surface area contributed by atoms with Crippen LogP contribution in [0.15, 0.2) is 39.0 Å². The van der Waals surface area contributed by atoms with E-state index < -0.39 is 0 Å². The van der Waals surface area contributed by atoms with E-state index >= 15 is 0 Å². The van der Waals surface area contributed by atoms with Crippen molar-refractivity contribution in [2.24, 2.45) is 0 Å². The molecule has 0 spiro atoms. The molecule has 0 bridgehead atoms. The van der Waals surface area contributed by atoms with Crippen LogP contribution in [0, 0.1) is 6.92 Å². The molecule has 19 heavy (non-hydrogen) atoms. The minimum Gasteiger partial charge on any atom is -0.439 e. The van der Waals surface area contributed by atoms with E-state index in [4.69, 9.17) is 16.0 Å². The van der Waals surface area contributed by atoms with Gasteiger partial charge in [-0.25, -0.2) is 4.98 Å². The third kappa shape index (κ3) is 4.27. The lowest BCUT2D eigenvalue weighted by Crippen LogP contribution is -2.21. The van der Waals surface area contributed by atoms with Crippen LogP contribution in [0.4, 0.5) is 0 Å². The van der Waals surface area contributed by atoms with Gasteiger partial charge in [0.15, 0.2) is 0 Å². The average molecular weight is 297 g/mol. The fourth-order valence-corrected chi connectivity index (χ4v) is 2.62. The number of rotatable bonds is 5. The molecule has 1 aromatic carbocycles. The molecule has 0 aliphatic rings. The molecule has 1 aromatic heterocycles. The Labute approximate surface area is 122 Å². The first-order chi connectivity index (χ1) is 9.04. The van der Waals surface area contributed by atoms with E-state index in [9.17, 15) is 0 Å². The Morgan fingerprint density at radius 2 is 2.21 bits per heavy atom. The number of nitrogens with zero attached hydrogens (tertiary/aromatic N) is 1. The Hall–Kier alpha value is -0.970. The van der Waals surface area contributed by atoms with Crippen LogP contribution in [-0.4, -0.2) is 11.0 Å². The Morgan fingerprint density at radius 1 is 1.42 bits per heavy atom. The van der Waals surface area contributed by atoms with Gasteiger partial charge in [0.1, 0.15) is 6.26 Å². The Morgan fingerprint density at radius 3 is 2.79 bits per heavy atom. The first kappa shape index (κ1) is 14.4. The molecule has 2 aromatic rings. The van der Waals surface area contributed by atoms with Gasteiger partial charge in [-0.15, -0.1) is 0 Å². The van der Waals surface area contributed by atoms with Gasteiger partial charge < -0.3 is 9.73 Å². The minimum atomic E-state index is 0.461. The lowest BCUT2D eigenvalue weighted by atomic mass is 10.2. The summed E-state index contributed by atoms with van der Waals surface area (Å²) in [6.07, 6.45) is 1.64. The summed E-state index contributed by atoms with van der Waals surface area (Å²) in [6.45, 7) is 6.96. The van der Waals surface area contributed by atoms with Gasteiger partial charge >= 0.3 is 0 Å². The minimum absolute atomic E-state index is 0.461. The standard InChI is InChI=1S/C14H17ClN2OS/c1-9(2)16-7-11-4-5-13(12(15)6-11)19-14-17-10(3)8-18-14/h4-6,8-9,16H,7H2,1-3H3. The summed E-state index contributed by atoms with van der Waals surface area (Å²) in [5.74, 6) is 0. The highest BCUT2D eigenvalue weighted by Crippen LogP contribution is 2.33. The molecule has 2 rings (SSSR count). The van der Waals surface area contributed by atoms with Crippen molar-refractivity contribution in [3.63, 3.8) is 0 Å². The molecule has 0 amide bonds. The topological polar surface area (TPSA) is 38.1 Å². The number of aryl methyl sites for hydroxylation is 1. The predicted octanol–water partition coefficient (Wildman–Crippen LogP) is 4.29. The van der Waals surface area contributed by atoms with Crippen molar-refractivity contribution in [2.75, 3.05) is 0 Å². The van der Waals surface area contributed by atoms with Gasteiger partial charge in [0.25, 0.3) is 5.22 Å². The Bertz CT molecular complexity index is 554. The second-order valence-electron chi connectivity index (χ2n) is 4.66. The number of aromatic nitrogens is 1. The third-order valence-corrected chi connectivity index (χ3v) is 3.87. The SMILES string of the molecule is Cc1coc(Sc2ccc(CNC(C)C)cc2Cl)n1. The van der Waals surface area contributed by atoms with E-state index in [0.29, 0.717) is 11.3 Å². The Balaban J connectivity index is 2.06. The molecule has 0 unspecified atom stereocenters. The maximum absolute atomic E-state index is 6.28. The molecular weight excluding hydrogens is 280 g/mol. The van der Waals surface area contributed by atoms with Gasteiger partial charge in [-0.2, -0.15) is 0 Å². The zero-order chi connectivity index (χ0) is 13.8. The summed E-state index contributed by atoms with van der Waals surface area (Å²) in [5, 5.41) is 4.71. The molecule has 3 nitrogen and oxygen atoms in total. The number of hydrogen-bond acceptors (Lipinski definition) is 4. The van der Waals surface area contributed by atoms with Crippen molar-refractivity contribution in [2.45, 2.75) is 43.5 Å². The quantitative estimate of drug-likeness (QED) is 0.893. The van der Waals surface area contributed by atoms with Crippen LogP contribution < -0.4 is 5.32 Å². The van der Waals surface area contributed by atoms with Crippen molar-refractivity contribution in [3.05, 3.63) is 40.7 Å². The van der Waals surface area contributed by atoms with Crippen molar-refractivity contribution < 1.29 is 4.42 Å². The summed E-state index contributed by atoms with van der Waals surface area (Å²) in [6, 6.07) is 6.52. The smallest absolute Gasteiger partial charge is 0.260 e. The number of oxazole rings is 1. The molecule has 1 N–H and O–H groups in total. The van der Waals surface area contributed by atoms with Crippen LogP contribution in [0.2, 0.25) is 5.02 Å². The lowest BCUT2D eigenvalue weighted by molar-refractivity contribution is 0.454. The van der Waals surface area contributed by atoms with E-state index in [2.05, 4.69) is 30.2 Å². The van der Waals surface area contributed by atoms with Gasteiger partial charge in [-0.05, 0) is 36.4 Å². The number of nitrogens with one attached hydrogen (secondary N) is 1. The first-order valence-corrected chi connectivity index (χ1v) is 7.36. The first-order valence-electron chi connectivity index (χ1n) is 6.16. The van der Waals surface area contributed by atoms with Gasteiger partial charge in [0.2, 0.25) is 0 Å². The monoisotopic (exact) mass is 296 g/mol. The second-order valence-corrected chi connectivity index (χ2v) is 6.06. The summed E-state index contributed by atoms with van der Waals surface area (Å²) in [7, 11) is 0. The van der Waals surface area contributed by atoms with Crippen LogP contribution in [0.5, 0.6) is 0 Å². The predicted molar refractivity (Wildman–Crippen MR) is 78.8 cm³/mol. The zero-order valence-corrected chi connectivity index (χ0v) is 12.8. The second kappa shape index (κ2) is 6.46. The molecule has 0 radical (unpaired) electrons. The number of halogens is 1. The highest BCUT2D eigenvalue weighted by atomic mass is 35.5. The summed E-state index contributed by atoms with van der Waals surface area (Å²) >= 11 is 7.72. The highest BCUT2D eigenvalue weighted by Gasteiger charge is 2.08. The van der Waals surface area contributed by atoms with Gasteiger partial charge in [0, 0.05) is 17.5 Å². The van der Waals surface area contributed by atoms with Gasteiger partial charge in [0.05, 0.1) is 10.7 Å². The largest absolute Gasteiger partial charge is 0.439 e. The van der Waals surface area contributed by atoms with Crippen LogP contribution in [0.3, 0.4) is 0 Å². The van der Waals surface area contributed by atoms with Crippen LogP contribution >= 0.6 is 23.4 Å². The molecule has 0 saturated heterocycles. The summed E-state index contributed by atoms with van der Waals surface area (Å²) in [4.78, 5) is 5.21. The lowest BCUT2D eigenvalue weighted by Gasteiger charge is -2.09. The summed E-state index contributed by atoms with van der Waals surface area (Å²) in [5.41, 5.74) is 2.04. The fourth-order valence-electron chi connectivity index (χ4n) is 1.53. The zero-order valence-electron chi connectivity index (χ0n) is 11.2. The van der Waals surface area contributed by atoms with Crippen LogP contribution in [0.25, 0.3) is 0 Å². The molecule has 0 atom stereocenters. The molecule has 1 heterocycles. The summed E-state index contributed by atoms with van der Waals surface area (Å²) < 4.78 is 5.31. The maximum Gasteiger partial charge on any atom is 0.260 e. The van der Waals surface area contributed by atoms with E-state index in [1.807, 2.05) is 19.1 Å². The number of hydrogen-bond donors (Lipinski definition) is 1. The molecule has 102 valence electrons. The van der Waals surface area contributed by atoms with Crippen molar-refractivity contribution in [3.8, 4) is 0 Å². The van der Waals surface area contributed by atoms with Gasteiger partial charge in [-0.3, -0.25) is 0 Å². The van der Waals surface area contributed by atoms with Crippen LogP contribution in [-0.2, 0) is 6.54 Å². The van der Waals surface area contributed by atoms with Gasteiger partial charge in [-0.1, -0.05) is 31.5 Å². The van der Waals surface area contributed by atoms with Crippen molar-refractivity contribution in [1.29, 1.82) is 0 Å². The third-order valence-electron chi connectivity index (χ3n) is 2.51. The molecule has 0 aliphatic carbocycles. The van der Waals surface area contributed by atoms with E-state index in [1.54, 1.807) is 6.26 Å². The fraction of sp³-hybridized carbons (Fsp3) is 0.357. The van der Waals surface area contributed by atoms with Crippen LogP contribution in [0.1, 0.15) is 25.1 Å². The molecule has 5 heteroatoms. The molecule has 0 fully saturated rings. The molecule has 0 aliphatic heterocycles. The normalized spacial score (nSPS) is 11.2. The number of benzene rings is 1. The Kier molecular flexibility index (Phi) is 4.91. The van der Waals surface area contributed by atoms with E-state index in [0.717, 1.165) is 22.2 Å². The highest BCUT2D eigenvalue weighted by molar-refractivity contribution is 7.99. The van der Waals surface area contributed by atoms with Crippen molar-refractivity contribution in [1.82, 2.24) is 10.3 Å². The van der Waals surface area contributed by atoms with E-state index in [1.165, 1.54) is 17.3 Å². The van der Waals surface area contributed by atoms with Crippen molar-refractivity contribution >= 4 is 23.4 Å². The molecular formula is C14H17ClN2OS.